The van der Waals surface area contributed by atoms with Crippen molar-refractivity contribution in [1.82, 2.24) is 4.98 Å². The highest BCUT2D eigenvalue weighted by atomic mass is 79.9. The average Bonchev–Trinajstić information content (AvgIpc) is 2.80. The Morgan fingerprint density at radius 3 is 2.60 bits per heavy atom. The molecule has 3 rings (SSSR count). The molecule has 0 atom stereocenters. The summed E-state index contributed by atoms with van der Waals surface area (Å²) < 4.78 is 14.5. The summed E-state index contributed by atoms with van der Waals surface area (Å²) >= 11 is 6.62. The van der Waals surface area contributed by atoms with Crippen molar-refractivity contribution in [2.45, 2.75) is 0 Å². The normalized spacial score (nSPS) is 10.9. The second kappa shape index (κ2) is 5.14. The van der Waals surface area contributed by atoms with E-state index in [1.54, 1.807) is 6.20 Å². The summed E-state index contributed by atoms with van der Waals surface area (Å²) in [4.78, 5) is 15.6. The van der Waals surface area contributed by atoms with Gasteiger partial charge in [0.2, 0.25) is 0 Å². The lowest BCUT2D eigenvalue weighted by atomic mass is 10.0. The predicted octanol–water partition coefficient (Wildman–Crippen LogP) is 5.06. The Morgan fingerprint density at radius 2 is 1.85 bits per heavy atom. The molecular formula is C15H8Br2FNO. The summed E-state index contributed by atoms with van der Waals surface area (Å²) in [6, 6.07) is 9.72. The Labute approximate surface area is 131 Å². The third kappa shape index (κ3) is 2.31. The first kappa shape index (κ1) is 13.5. The van der Waals surface area contributed by atoms with Crippen LogP contribution in [0, 0.1) is 5.82 Å². The smallest absolute Gasteiger partial charge is 0.196 e. The van der Waals surface area contributed by atoms with Crippen LogP contribution in [-0.4, -0.2) is 10.8 Å². The Kier molecular flexibility index (Phi) is 3.48. The number of rotatable bonds is 2. The van der Waals surface area contributed by atoms with Gasteiger partial charge in [-0.15, -0.1) is 0 Å². The van der Waals surface area contributed by atoms with E-state index in [0.29, 0.717) is 15.6 Å². The molecule has 1 heterocycles. The zero-order valence-corrected chi connectivity index (χ0v) is 13.3. The van der Waals surface area contributed by atoms with Crippen LogP contribution in [0.5, 0.6) is 0 Å². The zero-order valence-electron chi connectivity index (χ0n) is 10.1. The van der Waals surface area contributed by atoms with Gasteiger partial charge in [-0.25, -0.2) is 4.39 Å². The molecule has 0 saturated heterocycles. The third-order valence-electron chi connectivity index (χ3n) is 3.06. The highest BCUT2D eigenvalue weighted by Gasteiger charge is 2.17. The number of carbonyl (C=O) groups is 1. The molecule has 20 heavy (non-hydrogen) atoms. The molecule has 2 nitrogen and oxygen atoms in total. The number of aromatic amines is 1. The number of hydrogen-bond acceptors (Lipinski definition) is 1. The molecule has 0 aliphatic rings. The van der Waals surface area contributed by atoms with Gasteiger partial charge in [-0.1, -0.05) is 22.0 Å². The van der Waals surface area contributed by atoms with Crippen LogP contribution >= 0.6 is 31.9 Å². The Morgan fingerprint density at radius 1 is 1.05 bits per heavy atom. The first-order valence-electron chi connectivity index (χ1n) is 5.82. The predicted molar refractivity (Wildman–Crippen MR) is 83.5 cm³/mol. The second-order valence-corrected chi connectivity index (χ2v) is 6.12. The fourth-order valence-electron chi connectivity index (χ4n) is 2.10. The van der Waals surface area contributed by atoms with E-state index < -0.39 is 0 Å². The number of fused-ring (bicyclic) bond motifs is 1. The van der Waals surface area contributed by atoms with Crippen molar-refractivity contribution in [1.29, 1.82) is 0 Å². The summed E-state index contributed by atoms with van der Waals surface area (Å²) in [5, 5.41) is 0.842. The van der Waals surface area contributed by atoms with Crippen LogP contribution in [0.15, 0.2) is 51.5 Å². The number of ketones is 1. The van der Waals surface area contributed by atoms with E-state index in [1.165, 1.54) is 18.2 Å². The molecule has 0 amide bonds. The van der Waals surface area contributed by atoms with Crippen molar-refractivity contribution in [2.75, 3.05) is 0 Å². The van der Waals surface area contributed by atoms with Gasteiger partial charge < -0.3 is 4.98 Å². The largest absolute Gasteiger partial charge is 0.360 e. The fraction of sp³-hybridized carbons (Fsp3) is 0. The van der Waals surface area contributed by atoms with Crippen LogP contribution in [0.25, 0.3) is 10.9 Å². The molecule has 2 aromatic carbocycles. The molecule has 5 heteroatoms. The standard InChI is InChI=1S/C15H8Br2FNO/c16-8-1-3-10-12(7-19-14(10)5-8)15(20)11-4-2-9(18)6-13(11)17/h1-7,19H. The molecule has 100 valence electrons. The monoisotopic (exact) mass is 395 g/mol. The number of halogens is 3. The van der Waals surface area contributed by atoms with Gasteiger partial charge in [0.05, 0.1) is 0 Å². The van der Waals surface area contributed by atoms with Crippen LogP contribution in [-0.2, 0) is 0 Å². The van der Waals surface area contributed by atoms with Gasteiger partial charge in [-0.3, -0.25) is 4.79 Å². The summed E-state index contributed by atoms with van der Waals surface area (Å²) in [5.74, 6) is -0.526. The molecule has 0 radical (unpaired) electrons. The van der Waals surface area contributed by atoms with Crippen molar-refractivity contribution in [3.05, 3.63) is 68.5 Å². The molecule has 0 bridgehead atoms. The van der Waals surface area contributed by atoms with Crippen LogP contribution in [0.2, 0.25) is 0 Å². The van der Waals surface area contributed by atoms with E-state index in [-0.39, 0.29) is 11.6 Å². The molecule has 0 aliphatic carbocycles. The molecule has 0 spiro atoms. The topological polar surface area (TPSA) is 32.9 Å². The maximum atomic E-state index is 13.1. The number of carbonyl (C=O) groups excluding carboxylic acids is 1. The summed E-state index contributed by atoms with van der Waals surface area (Å²) in [6.07, 6.45) is 1.68. The maximum Gasteiger partial charge on any atom is 0.196 e. The minimum absolute atomic E-state index is 0.148. The highest BCUT2D eigenvalue weighted by molar-refractivity contribution is 9.10. The minimum atomic E-state index is -0.378. The van der Waals surface area contributed by atoms with Crippen LogP contribution in [0.3, 0.4) is 0 Å². The molecule has 0 aliphatic heterocycles. The molecule has 0 saturated carbocycles. The van der Waals surface area contributed by atoms with Gasteiger partial charge >= 0.3 is 0 Å². The lowest BCUT2D eigenvalue weighted by Gasteiger charge is -2.03. The molecule has 3 aromatic rings. The van der Waals surface area contributed by atoms with Gasteiger partial charge in [-0.2, -0.15) is 0 Å². The van der Waals surface area contributed by atoms with Crippen LogP contribution in [0.1, 0.15) is 15.9 Å². The van der Waals surface area contributed by atoms with Crippen molar-refractivity contribution in [3.8, 4) is 0 Å². The van der Waals surface area contributed by atoms with Crippen LogP contribution in [0.4, 0.5) is 4.39 Å². The van der Waals surface area contributed by atoms with Gasteiger partial charge in [0, 0.05) is 37.2 Å². The molecule has 0 unspecified atom stereocenters. The summed E-state index contributed by atoms with van der Waals surface area (Å²) in [7, 11) is 0. The SMILES string of the molecule is O=C(c1ccc(F)cc1Br)c1c[nH]c2cc(Br)ccc12. The molecule has 1 N–H and O–H groups in total. The Hall–Kier alpha value is -1.46. The number of benzene rings is 2. The second-order valence-electron chi connectivity index (χ2n) is 4.35. The van der Waals surface area contributed by atoms with Gasteiger partial charge in [-0.05, 0) is 46.3 Å². The van der Waals surface area contributed by atoms with E-state index in [9.17, 15) is 9.18 Å². The lowest BCUT2D eigenvalue weighted by Crippen LogP contribution is -2.01. The average molecular weight is 397 g/mol. The number of aromatic nitrogens is 1. The van der Waals surface area contributed by atoms with Gasteiger partial charge in [0.1, 0.15) is 5.82 Å². The van der Waals surface area contributed by atoms with Crippen molar-refractivity contribution in [2.24, 2.45) is 0 Å². The Bertz CT molecular complexity index is 826. The number of hydrogen-bond donors (Lipinski definition) is 1. The molecule has 1 aromatic heterocycles. The first-order chi connectivity index (χ1) is 9.56. The lowest BCUT2D eigenvalue weighted by molar-refractivity contribution is 0.103. The van der Waals surface area contributed by atoms with Gasteiger partial charge in [0.25, 0.3) is 0 Å². The highest BCUT2D eigenvalue weighted by Crippen LogP contribution is 2.27. The van der Waals surface area contributed by atoms with Crippen LogP contribution < -0.4 is 0 Å². The van der Waals surface area contributed by atoms with Crippen molar-refractivity contribution in [3.63, 3.8) is 0 Å². The van der Waals surface area contributed by atoms with E-state index in [1.807, 2.05) is 18.2 Å². The quantitative estimate of drug-likeness (QED) is 0.603. The first-order valence-corrected chi connectivity index (χ1v) is 7.41. The maximum absolute atomic E-state index is 13.1. The summed E-state index contributed by atoms with van der Waals surface area (Å²) in [5.41, 5.74) is 1.89. The van der Waals surface area contributed by atoms with E-state index in [0.717, 1.165) is 15.4 Å². The Balaban J connectivity index is 2.13. The summed E-state index contributed by atoms with van der Waals surface area (Å²) in [6.45, 7) is 0. The molecule has 0 fully saturated rings. The zero-order chi connectivity index (χ0) is 14.3. The van der Waals surface area contributed by atoms with E-state index >= 15 is 0 Å². The van der Waals surface area contributed by atoms with Gasteiger partial charge in [0.15, 0.2) is 5.78 Å². The molecular weight excluding hydrogens is 389 g/mol. The van der Waals surface area contributed by atoms with E-state index in [2.05, 4.69) is 36.8 Å². The van der Waals surface area contributed by atoms with Crippen molar-refractivity contribution >= 4 is 48.5 Å². The van der Waals surface area contributed by atoms with Crippen molar-refractivity contribution < 1.29 is 9.18 Å². The minimum Gasteiger partial charge on any atom is -0.360 e. The van der Waals surface area contributed by atoms with E-state index in [4.69, 9.17) is 0 Å². The third-order valence-corrected chi connectivity index (χ3v) is 4.21. The number of H-pyrrole nitrogens is 1. The fourth-order valence-corrected chi connectivity index (χ4v) is 3.00. The number of nitrogens with one attached hydrogen (secondary N) is 1.